The first kappa shape index (κ1) is 39.0. The van der Waals surface area contributed by atoms with E-state index in [4.69, 9.17) is 4.74 Å². The Morgan fingerprint density at radius 1 is 0.636 bits per heavy atom. The molecule has 55 heavy (non-hydrogen) atoms. The van der Waals surface area contributed by atoms with E-state index in [-0.39, 0.29) is 29.9 Å². The Balaban J connectivity index is 1.11. The lowest BCUT2D eigenvalue weighted by Crippen LogP contribution is -2.28. The van der Waals surface area contributed by atoms with Gasteiger partial charge in [-0.2, -0.15) is 0 Å². The maximum atomic E-state index is 12.4. The van der Waals surface area contributed by atoms with Gasteiger partial charge in [-0.05, 0) is 135 Å². The van der Waals surface area contributed by atoms with E-state index in [9.17, 15) is 29.7 Å². The Morgan fingerprint density at radius 3 is 1.62 bits per heavy atom. The van der Waals surface area contributed by atoms with E-state index in [1.807, 2.05) is 48.5 Å². The van der Waals surface area contributed by atoms with Crippen LogP contribution in [0.3, 0.4) is 0 Å². The van der Waals surface area contributed by atoms with Crippen molar-refractivity contribution >= 4 is 17.9 Å². The molecule has 0 aromatic heterocycles. The van der Waals surface area contributed by atoms with E-state index in [0.29, 0.717) is 32.4 Å². The molecule has 4 aliphatic rings. The molecule has 1 unspecified atom stereocenters. The molecule has 4 aliphatic heterocycles. The van der Waals surface area contributed by atoms with Crippen molar-refractivity contribution in [2.75, 3.05) is 45.8 Å². The molecule has 11 nitrogen and oxygen atoms in total. The van der Waals surface area contributed by atoms with Crippen LogP contribution in [0.5, 0.6) is 5.75 Å². The first-order chi connectivity index (χ1) is 26.7. The van der Waals surface area contributed by atoms with Gasteiger partial charge in [0.15, 0.2) is 0 Å². The Hall–Kier alpha value is -4.29. The van der Waals surface area contributed by atoms with Crippen LogP contribution in [0.15, 0.2) is 72.8 Å². The number of rotatable bonds is 17. The Labute approximate surface area is 323 Å². The third kappa shape index (κ3) is 9.94. The van der Waals surface area contributed by atoms with Gasteiger partial charge < -0.3 is 36.0 Å². The fraction of sp³-hybridized carbons (Fsp3) is 0.523. The second-order valence-electron chi connectivity index (χ2n) is 16.3. The molecule has 4 fully saturated rings. The molecule has 0 radical (unpaired) electrons. The van der Waals surface area contributed by atoms with Gasteiger partial charge in [0, 0.05) is 25.6 Å². The highest BCUT2D eigenvalue weighted by Gasteiger charge is 2.37. The second-order valence-corrected chi connectivity index (χ2v) is 16.3. The second kappa shape index (κ2) is 18.1. The van der Waals surface area contributed by atoms with Crippen LogP contribution < -0.4 is 20.7 Å². The maximum Gasteiger partial charge on any atom is 0.307 e. The minimum absolute atomic E-state index is 0.0100. The highest BCUT2D eigenvalue weighted by Crippen LogP contribution is 2.37. The van der Waals surface area contributed by atoms with E-state index >= 15 is 0 Å². The molecule has 0 aliphatic carbocycles. The van der Waals surface area contributed by atoms with Crippen LogP contribution in [0, 0.1) is 35.5 Å². The van der Waals surface area contributed by atoms with Gasteiger partial charge in [0.05, 0.1) is 17.8 Å². The topological polar surface area (TPSA) is 160 Å². The maximum absolute atomic E-state index is 12.4. The average Bonchev–Trinajstić information content (AvgIpc) is 4.02. The molecule has 0 spiro atoms. The van der Waals surface area contributed by atoms with Crippen molar-refractivity contribution in [3.63, 3.8) is 0 Å². The third-order valence-electron chi connectivity index (χ3n) is 12.6. The lowest BCUT2D eigenvalue weighted by molar-refractivity contribution is -0.144. The van der Waals surface area contributed by atoms with Gasteiger partial charge in [0.2, 0.25) is 0 Å². The number of nitrogens with one attached hydrogen (secondary N) is 3. The Morgan fingerprint density at radius 2 is 1.11 bits per heavy atom. The fourth-order valence-corrected chi connectivity index (χ4v) is 9.61. The van der Waals surface area contributed by atoms with E-state index < -0.39 is 35.7 Å². The number of nitrogens with zero attached hydrogens (tertiary/aromatic N) is 1. The first-order valence-corrected chi connectivity index (χ1v) is 20.2. The normalized spacial score (nSPS) is 25.8. The van der Waals surface area contributed by atoms with Crippen molar-refractivity contribution in [1.82, 2.24) is 20.9 Å². The van der Waals surface area contributed by atoms with Crippen LogP contribution in [-0.4, -0.2) is 90.0 Å². The minimum atomic E-state index is -0.760. The number of carboxylic acids is 3. The molecular weight excluding hydrogens is 697 g/mol. The minimum Gasteiger partial charge on any atom is -0.489 e. The van der Waals surface area contributed by atoms with Crippen molar-refractivity contribution < 1.29 is 34.4 Å². The molecule has 6 N–H and O–H groups in total. The summed E-state index contributed by atoms with van der Waals surface area (Å²) in [6.45, 7) is 6.05. The summed E-state index contributed by atoms with van der Waals surface area (Å²) in [6.07, 6.45) is 4.62. The number of aliphatic carboxylic acids is 3. The molecule has 3 aromatic rings. The van der Waals surface area contributed by atoms with Gasteiger partial charge in [0.25, 0.3) is 0 Å². The van der Waals surface area contributed by atoms with E-state index in [0.717, 1.165) is 98.5 Å². The van der Waals surface area contributed by atoms with Crippen LogP contribution in [0.2, 0.25) is 0 Å². The average molecular weight is 753 g/mol. The zero-order valence-corrected chi connectivity index (χ0v) is 31.6. The molecule has 11 heteroatoms. The van der Waals surface area contributed by atoms with Crippen molar-refractivity contribution in [3.8, 4) is 5.75 Å². The summed E-state index contributed by atoms with van der Waals surface area (Å²) in [4.78, 5) is 39.3. The van der Waals surface area contributed by atoms with Crippen LogP contribution >= 0.6 is 0 Å². The molecule has 4 heterocycles. The van der Waals surface area contributed by atoms with Gasteiger partial charge in [0.1, 0.15) is 11.9 Å². The number of carbonyl (C=O) groups is 3. The van der Waals surface area contributed by atoms with Crippen molar-refractivity contribution in [1.29, 1.82) is 0 Å². The van der Waals surface area contributed by atoms with Gasteiger partial charge in [-0.15, -0.1) is 0 Å². The molecule has 0 saturated carbocycles. The lowest BCUT2D eigenvalue weighted by atomic mass is 9.85. The smallest absolute Gasteiger partial charge is 0.307 e. The third-order valence-corrected chi connectivity index (χ3v) is 12.6. The number of ether oxygens (including phenoxy) is 1. The van der Waals surface area contributed by atoms with Gasteiger partial charge in [-0.3, -0.25) is 19.3 Å². The molecule has 3 aromatic carbocycles. The Bertz CT molecular complexity index is 1780. The largest absolute Gasteiger partial charge is 0.489 e. The highest BCUT2D eigenvalue weighted by atomic mass is 16.5. The number of benzene rings is 3. The summed E-state index contributed by atoms with van der Waals surface area (Å²) in [6, 6.07) is 24.6. The first-order valence-electron chi connectivity index (χ1n) is 20.2. The molecule has 0 bridgehead atoms. The molecular formula is C44H56N4O7. The summed E-state index contributed by atoms with van der Waals surface area (Å²) >= 11 is 0. The monoisotopic (exact) mass is 752 g/mol. The zero-order chi connectivity index (χ0) is 38.3. The van der Waals surface area contributed by atoms with E-state index in [2.05, 4.69) is 45.1 Å². The SMILES string of the molecule is O=C(O)[C@@H](Cc1cccc(CN2C[C@H](Oc3cccc(C[C@H](C(=O)O)[C@H]4CCNC4)c3)CC2c2cccc(C[C@H](C(=O)O)[C@H]3CCNC3)c2)c1)[C@H]1CCNC1. The van der Waals surface area contributed by atoms with Crippen molar-refractivity contribution in [2.45, 2.75) is 63.6 Å². The molecule has 294 valence electrons. The van der Waals surface area contributed by atoms with E-state index in [1.54, 1.807) is 0 Å². The van der Waals surface area contributed by atoms with E-state index in [1.165, 1.54) is 0 Å². The number of likely N-dealkylation sites (tertiary alicyclic amines) is 1. The summed E-state index contributed by atoms with van der Waals surface area (Å²) < 4.78 is 6.70. The molecule has 7 rings (SSSR count). The van der Waals surface area contributed by atoms with Crippen LogP contribution in [0.25, 0.3) is 0 Å². The lowest BCUT2D eigenvalue weighted by Gasteiger charge is -2.26. The van der Waals surface area contributed by atoms with Gasteiger partial charge >= 0.3 is 17.9 Å². The summed E-state index contributed by atoms with van der Waals surface area (Å²) in [5.74, 6) is -2.53. The van der Waals surface area contributed by atoms with Crippen LogP contribution in [0.1, 0.15) is 59.5 Å². The predicted octanol–water partition coefficient (Wildman–Crippen LogP) is 4.64. The van der Waals surface area contributed by atoms with Crippen LogP contribution in [-0.2, 0) is 40.2 Å². The zero-order valence-electron chi connectivity index (χ0n) is 31.6. The highest BCUT2D eigenvalue weighted by molar-refractivity contribution is 5.72. The molecule has 4 saturated heterocycles. The van der Waals surface area contributed by atoms with Crippen molar-refractivity contribution in [3.05, 3.63) is 101 Å². The van der Waals surface area contributed by atoms with Gasteiger partial charge in [-0.1, -0.05) is 60.7 Å². The fourth-order valence-electron chi connectivity index (χ4n) is 9.61. The summed E-state index contributed by atoms with van der Waals surface area (Å²) in [7, 11) is 0. The van der Waals surface area contributed by atoms with Gasteiger partial charge in [-0.25, -0.2) is 0 Å². The number of hydrogen-bond acceptors (Lipinski definition) is 8. The predicted molar refractivity (Wildman–Crippen MR) is 209 cm³/mol. The van der Waals surface area contributed by atoms with Crippen LogP contribution in [0.4, 0.5) is 0 Å². The summed E-state index contributed by atoms with van der Waals surface area (Å²) in [5, 5.41) is 40.2. The Kier molecular flexibility index (Phi) is 12.8. The standard InChI is InChI=1S/C44H56N4O7/c49-42(50)38(33-10-13-45-23-33)19-28-4-1-7-31(16-28)26-48-27-37(55-36-9-3-6-30(18-36)21-40(44(53)54)35-12-15-47-25-35)22-41(48)32-8-2-5-29(17-32)20-39(43(51)52)34-11-14-46-24-34/h1-9,16-18,33-35,37-41,45-47H,10-15,19-27H2,(H,49,50)(H,51,52)(H,53,54)/t33-,34-,35-,37+,38-,39-,40-,41?/m0/s1. The number of carboxylic acid groups (broad SMARTS) is 3. The quantitative estimate of drug-likeness (QED) is 0.114. The molecule has 8 atom stereocenters. The summed E-state index contributed by atoms with van der Waals surface area (Å²) in [5.41, 5.74) is 5.22. The molecule has 0 amide bonds. The number of hydrogen-bond donors (Lipinski definition) is 6. The van der Waals surface area contributed by atoms with Crippen molar-refractivity contribution in [2.24, 2.45) is 35.5 Å².